The first kappa shape index (κ1) is 30.7. The van der Waals surface area contributed by atoms with E-state index in [0.29, 0.717) is 57.3 Å². The molecule has 2 aliphatic heterocycles. The number of hydrogen-bond acceptors (Lipinski definition) is 11. The predicted molar refractivity (Wildman–Crippen MR) is 164 cm³/mol. The molecule has 2 saturated heterocycles. The second kappa shape index (κ2) is 13.3. The summed E-state index contributed by atoms with van der Waals surface area (Å²) in [5, 5.41) is 1.29. The van der Waals surface area contributed by atoms with Gasteiger partial charge in [-0.1, -0.05) is 34.5 Å². The lowest BCUT2D eigenvalue weighted by atomic mass is 9.88. The minimum atomic E-state index is -0.443. The number of methoxy groups -OCH3 is 1. The molecule has 3 aromatic heterocycles. The molecule has 42 heavy (non-hydrogen) atoms. The number of likely N-dealkylation sites (N-methyl/N-ethyl adjacent to an activating group) is 1. The number of rotatable bonds is 9. The van der Waals surface area contributed by atoms with Gasteiger partial charge in [0.1, 0.15) is 27.8 Å². The van der Waals surface area contributed by atoms with Crippen LogP contribution in [0.3, 0.4) is 0 Å². The van der Waals surface area contributed by atoms with E-state index < -0.39 is 5.97 Å². The van der Waals surface area contributed by atoms with Crippen LogP contribution < -0.4 is 9.80 Å². The molecule has 0 bridgehead atoms. The minimum absolute atomic E-state index is 0.0193. The Hall–Kier alpha value is -2.77. The van der Waals surface area contributed by atoms with Crippen molar-refractivity contribution in [1.29, 1.82) is 0 Å². The van der Waals surface area contributed by atoms with E-state index in [2.05, 4.69) is 36.7 Å². The molecule has 0 amide bonds. The van der Waals surface area contributed by atoms with Crippen molar-refractivity contribution in [3.63, 3.8) is 0 Å². The highest BCUT2D eigenvalue weighted by Gasteiger charge is 2.34. The number of aromatic nitrogens is 4. The molecule has 2 fully saturated rings. The predicted octanol–water partition coefficient (Wildman–Crippen LogP) is 4.59. The maximum absolute atomic E-state index is 13.1. The van der Waals surface area contributed by atoms with Crippen molar-refractivity contribution >= 4 is 57.2 Å². The van der Waals surface area contributed by atoms with Crippen molar-refractivity contribution in [1.82, 2.24) is 24.8 Å². The van der Waals surface area contributed by atoms with E-state index in [0.717, 1.165) is 32.0 Å². The highest BCUT2D eigenvalue weighted by Crippen LogP contribution is 2.37. The Bertz CT molecular complexity index is 1420. The number of Topliss-reactive ketones (excluding diaryl/α,β-unsaturated/α-hetero) is 1. The van der Waals surface area contributed by atoms with Crippen LogP contribution in [0.25, 0.3) is 11.4 Å². The lowest BCUT2D eigenvalue weighted by Crippen LogP contribution is -2.45. The van der Waals surface area contributed by atoms with E-state index in [9.17, 15) is 9.59 Å². The molecule has 2 aliphatic rings. The molecule has 5 heterocycles. The number of nitrogens with one attached hydrogen (secondary N) is 1. The fourth-order valence-corrected chi connectivity index (χ4v) is 6.78. The second-order valence-corrected chi connectivity index (χ2v) is 12.3. The zero-order chi connectivity index (χ0) is 30.0. The first-order valence-electron chi connectivity index (χ1n) is 14.0. The maximum atomic E-state index is 13.1. The summed E-state index contributed by atoms with van der Waals surface area (Å²) in [6.45, 7) is 8.65. The van der Waals surface area contributed by atoms with E-state index in [1.807, 2.05) is 0 Å². The van der Waals surface area contributed by atoms with Crippen LogP contribution in [0, 0.1) is 12.8 Å². The number of nitrogens with zero attached hydrogens (tertiary/aromatic N) is 6. The number of H-pyrrole nitrogens is 1. The summed E-state index contributed by atoms with van der Waals surface area (Å²) in [6, 6.07) is 0. The Morgan fingerprint density at radius 3 is 2.48 bits per heavy atom. The van der Waals surface area contributed by atoms with Crippen molar-refractivity contribution in [2.45, 2.75) is 32.8 Å². The van der Waals surface area contributed by atoms with Gasteiger partial charge in [0.05, 0.1) is 35.1 Å². The minimum Gasteiger partial charge on any atom is -0.462 e. The molecule has 0 unspecified atom stereocenters. The summed E-state index contributed by atoms with van der Waals surface area (Å²) in [4.78, 5) is 50.1. The number of aromatic amines is 1. The number of esters is 1. The SMILES string of the molecule is CCOC(=O)c1sc(N2CC[C@H](CC(=O)c3[nH]c(C)c(Cl)c3Cl)[C@H](OC)C2)nc1-c1cnc(N2CCN(C)CC2)cn1. The van der Waals surface area contributed by atoms with Gasteiger partial charge in [0, 0.05) is 58.5 Å². The number of ether oxygens (including phenoxy) is 2. The number of thiazole rings is 1. The standard InChI is InChI=1S/C28H35Cl2N7O4S/c1-5-41-27(39)26-24(18-13-32-21(14-31-18)36-10-8-35(3)9-11-36)34-28(42-26)37-7-6-17(20(15-37)40-4)12-19(38)25-23(30)22(29)16(2)33-25/h13-14,17,20,33H,5-12,15H2,1-4H3/t17-,20-/m1/s1. The van der Waals surface area contributed by atoms with Gasteiger partial charge in [-0.15, -0.1) is 0 Å². The molecule has 14 heteroatoms. The van der Waals surface area contributed by atoms with Crippen molar-refractivity contribution in [2.24, 2.45) is 5.92 Å². The first-order chi connectivity index (χ1) is 20.2. The summed E-state index contributed by atoms with van der Waals surface area (Å²) < 4.78 is 11.2. The topological polar surface area (TPSA) is 117 Å². The molecular formula is C28H35Cl2N7O4S. The van der Waals surface area contributed by atoms with E-state index in [-0.39, 0.29) is 35.9 Å². The largest absolute Gasteiger partial charge is 0.462 e. The number of piperazine rings is 1. The van der Waals surface area contributed by atoms with Crippen LogP contribution in [-0.4, -0.2) is 103 Å². The van der Waals surface area contributed by atoms with Crippen LogP contribution in [0.1, 0.15) is 45.6 Å². The molecule has 5 rings (SSSR count). The number of hydrogen-bond donors (Lipinski definition) is 1. The van der Waals surface area contributed by atoms with Crippen LogP contribution >= 0.6 is 34.5 Å². The molecule has 1 N–H and O–H groups in total. The molecule has 0 aromatic carbocycles. The van der Waals surface area contributed by atoms with Gasteiger partial charge < -0.3 is 29.2 Å². The van der Waals surface area contributed by atoms with Gasteiger partial charge in [-0.25, -0.2) is 19.7 Å². The van der Waals surface area contributed by atoms with Gasteiger partial charge in [0.15, 0.2) is 10.9 Å². The number of anilines is 2. The Morgan fingerprint density at radius 2 is 1.86 bits per heavy atom. The van der Waals surface area contributed by atoms with E-state index in [4.69, 9.17) is 37.7 Å². The van der Waals surface area contributed by atoms with E-state index in [1.165, 1.54) is 11.3 Å². The molecule has 0 radical (unpaired) electrons. The Kier molecular flexibility index (Phi) is 9.68. The molecule has 226 valence electrons. The number of piperidine rings is 1. The van der Waals surface area contributed by atoms with Gasteiger partial charge in [-0.2, -0.15) is 0 Å². The van der Waals surface area contributed by atoms with Gasteiger partial charge >= 0.3 is 5.97 Å². The van der Waals surface area contributed by atoms with Crippen LogP contribution in [0.4, 0.5) is 10.9 Å². The zero-order valence-electron chi connectivity index (χ0n) is 24.2. The highest BCUT2D eigenvalue weighted by atomic mass is 35.5. The van der Waals surface area contributed by atoms with Crippen molar-refractivity contribution in [3.8, 4) is 11.4 Å². The summed E-state index contributed by atoms with van der Waals surface area (Å²) in [7, 11) is 3.75. The fourth-order valence-electron chi connectivity index (χ4n) is 5.34. The van der Waals surface area contributed by atoms with E-state index >= 15 is 0 Å². The number of ketones is 1. The van der Waals surface area contributed by atoms with Crippen LogP contribution in [0.5, 0.6) is 0 Å². The lowest BCUT2D eigenvalue weighted by Gasteiger charge is -2.37. The first-order valence-corrected chi connectivity index (χ1v) is 15.6. The van der Waals surface area contributed by atoms with Crippen molar-refractivity contribution in [2.75, 3.05) is 69.8 Å². The highest BCUT2D eigenvalue weighted by molar-refractivity contribution is 7.17. The fraction of sp³-hybridized carbons (Fsp3) is 0.536. The van der Waals surface area contributed by atoms with Crippen LogP contribution in [-0.2, 0) is 9.47 Å². The normalized spacial score (nSPS) is 19.8. The van der Waals surface area contributed by atoms with Crippen molar-refractivity contribution in [3.05, 3.63) is 38.7 Å². The molecule has 0 spiro atoms. The number of carbonyl (C=O) groups excluding carboxylic acids is 2. The van der Waals surface area contributed by atoms with Crippen molar-refractivity contribution < 1.29 is 19.1 Å². The average molecular weight is 637 g/mol. The Morgan fingerprint density at radius 1 is 1.10 bits per heavy atom. The summed E-state index contributed by atoms with van der Waals surface area (Å²) in [5.41, 5.74) is 1.96. The van der Waals surface area contributed by atoms with E-state index in [1.54, 1.807) is 33.4 Å². The monoisotopic (exact) mass is 635 g/mol. The number of carbonyl (C=O) groups is 2. The van der Waals surface area contributed by atoms with Gasteiger partial charge in [0.2, 0.25) is 0 Å². The van der Waals surface area contributed by atoms with Gasteiger partial charge in [-0.05, 0) is 33.2 Å². The molecule has 3 aromatic rings. The number of aryl methyl sites for hydroxylation is 1. The molecule has 0 saturated carbocycles. The summed E-state index contributed by atoms with van der Waals surface area (Å²) in [5.74, 6) is 0.240. The Labute approximate surface area is 259 Å². The third-order valence-corrected chi connectivity index (χ3v) is 9.88. The lowest BCUT2D eigenvalue weighted by molar-refractivity contribution is 0.0375. The molecule has 11 nitrogen and oxygen atoms in total. The van der Waals surface area contributed by atoms with Crippen LogP contribution in [0.15, 0.2) is 12.4 Å². The Balaban J connectivity index is 1.33. The molecule has 2 atom stereocenters. The zero-order valence-corrected chi connectivity index (χ0v) is 26.5. The molecular weight excluding hydrogens is 601 g/mol. The summed E-state index contributed by atoms with van der Waals surface area (Å²) in [6.07, 6.45) is 4.15. The number of halogens is 2. The third kappa shape index (κ3) is 6.42. The maximum Gasteiger partial charge on any atom is 0.350 e. The van der Waals surface area contributed by atoms with Gasteiger partial charge in [-0.3, -0.25) is 4.79 Å². The quantitative estimate of drug-likeness (QED) is 0.264. The average Bonchev–Trinajstić information content (AvgIpc) is 3.55. The second-order valence-electron chi connectivity index (χ2n) is 10.6. The van der Waals surface area contributed by atoms with Crippen LogP contribution in [0.2, 0.25) is 10.0 Å². The smallest absolute Gasteiger partial charge is 0.350 e. The van der Waals surface area contributed by atoms with Gasteiger partial charge in [0.25, 0.3) is 0 Å². The third-order valence-electron chi connectivity index (χ3n) is 7.83. The summed E-state index contributed by atoms with van der Waals surface area (Å²) >= 11 is 13.7. The molecule has 0 aliphatic carbocycles.